The van der Waals surface area contributed by atoms with Crippen LogP contribution >= 0.6 is 11.6 Å². The first kappa shape index (κ1) is 22.6. The first-order chi connectivity index (χ1) is 14.1. The lowest BCUT2D eigenvalue weighted by molar-refractivity contribution is -0.123. The van der Waals surface area contributed by atoms with Crippen LogP contribution in [0.2, 0.25) is 5.02 Å². The molecule has 2 aromatic rings. The number of hydrogen-bond acceptors (Lipinski definition) is 4. The molecule has 2 aromatic carbocycles. The Morgan fingerprint density at radius 3 is 2.34 bits per heavy atom. The number of hydrogen-bond donors (Lipinski definition) is 2. The Labute approximate surface area is 176 Å². The van der Waals surface area contributed by atoms with E-state index in [4.69, 9.17) is 21.1 Å². The largest absolute Gasteiger partial charge is 0.494 e. The van der Waals surface area contributed by atoms with Gasteiger partial charge in [0.2, 0.25) is 0 Å². The molecule has 7 heteroatoms. The highest BCUT2D eigenvalue weighted by Gasteiger charge is 2.09. The maximum atomic E-state index is 12.1. The summed E-state index contributed by atoms with van der Waals surface area (Å²) in [6.45, 7) is 2.58. The van der Waals surface area contributed by atoms with Crippen molar-refractivity contribution in [2.45, 2.75) is 39.0 Å². The van der Waals surface area contributed by atoms with Crippen molar-refractivity contribution < 1.29 is 19.1 Å². The molecule has 0 spiro atoms. The standard InChI is InChI=1S/C22H27ClN2O4/c1-2-3-4-5-8-15-28-18-13-11-17(12-14-18)22(27)25-24-21(26)16-29-20-10-7-6-9-19(20)23/h6-7,9-14H,2-5,8,15-16H2,1H3,(H,24,26)(H,25,27). The van der Waals surface area contributed by atoms with Gasteiger partial charge in [-0.3, -0.25) is 20.4 Å². The molecule has 2 amide bonds. The topological polar surface area (TPSA) is 76.7 Å². The van der Waals surface area contributed by atoms with Crippen LogP contribution < -0.4 is 20.3 Å². The van der Waals surface area contributed by atoms with Gasteiger partial charge >= 0.3 is 0 Å². The number of rotatable bonds is 11. The van der Waals surface area contributed by atoms with Crippen molar-refractivity contribution in [2.75, 3.05) is 13.2 Å². The molecule has 0 aliphatic carbocycles. The van der Waals surface area contributed by atoms with Crippen LogP contribution in [0.1, 0.15) is 49.4 Å². The summed E-state index contributed by atoms with van der Waals surface area (Å²) >= 11 is 5.95. The van der Waals surface area contributed by atoms with E-state index in [1.165, 1.54) is 19.3 Å². The fourth-order valence-electron chi connectivity index (χ4n) is 2.54. The van der Waals surface area contributed by atoms with E-state index in [9.17, 15) is 9.59 Å². The quantitative estimate of drug-likeness (QED) is 0.415. The van der Waals surface area contributed by atoms with Crippen LogP contribution in [-0.4, -0.2) is 25.0 Å². The summed E-state index contributed by atoms with van der Waals surface area (Å²) < 4.78 is 11.0. The summed E-state index contributed by atoms with van der Waals surface area (Å²) in [4.78, 5) is 23.9. The average Bonchev–Trinajstić information content (AvgIpc) is 2.74. The average molecular weight is 419 g/mol. The van der Waals surface area contributed by atoms with E-state index in [1.54, 1.807) is 48.5 Å². The fourth-order valence-corrected chi connectivity index (χ4v) is 2.73. The number of para-hydroxylation sites is 1. The summed E-state index contributed by atoms with van der Waals surface area (Å²) in [5.41, 5.74) is 5.06. The summed E-state index contributed by atoms with van der Waals surface area (Å²) in [6.07, 6.45) is 5.89. The molecule has 0 radical (unpaired) electrons. The van der Waals surface area contributed by atoms with Gasteiger partial charge in [-0.05, 0) is 42.8 Å². The predicted molar refractivity (Wildman–Crippen MR) is 113 cm³/mol. The van der Waals surface area contributed by atoms with Crippen LogP contribution in [-0.2, 0) is 4.79 Å². The second-order valence-electron chi connectivity index (χ2n) is 6.51. The molecule has 0 aromatic heterocycles. The van der Waals surface area contributed by atoms with Crippen LogP contribution in [0.25, 0.3) is 0 Å². The first-order valence-corrected chi connectivity index (χ1v) is 10.2. The number of carbonyl (C=O) groups excluding carboxylic acids is 2. The SMILES string of the molecule is CCCCCCCOc1ccc(C(=O)NNC(=O)COc2ccccc2Cl)cc1. The molecule has 6 nitrogen and oxygen atoms in total. The van der Waals surface area contributed by atoms with E-state index in [-0.39, 0.29) is 6.61 Å². The van der Waals surface area contributed by atoms with Gasteiger partial charge in [-0.25, -0.2) is 0 Å². The number of hydrazine groups is 1. The molecule has 0 atom stereocenters. The van der Waals surface area contributed by atoms with Crippen molar-refractivity contribution in [1.29, 1.82) is 0 Å². The molecular formula is C22H27ClN2O4. The van der Waals surface area contributed by atoms with Crippen molar-refractivity contribution in [1.82, 2.24) is 10.9 Å². The second kappa shape index (κ2) is 12.7. The van der Waals surface area contributed by atoms with Crippen LogP contribution in [0.15, 0.2) is 48.5 Å². The van der Waals surface area contributed by atoms with E-state index >= 15 is 0 Å². The van der Waals surface area contributed by atoms with Gasteiger partial charge in [-0.15, -0.1) is 0 Å². The second-order valence-corrected chi connectivity index (χ2v) is 6.92. The minimum Gasteiger partial charge on any atom is -0.494 e. The highest BCUT2D eigenvalue weighted by molar-refractivity contribution is 6.32. The van der Waals surface area contributed by atoms with E-state index < -0.39 is 11.8 Å². The highest BCUT2D eigenvalue weighted by atomic mass is 35.5. The Kier molecular flexibility index (Phi) is 9.86. The van der Waals surface area contributed by atoms with Crippen molar-refractivity contribution >= 4 is 23.4 Å². The van der Waals surface area contributed by atoms with Crippen LogP contribution in [0.3, 0.4) is 0 Å². The lowest BCUT2D eigenvalue weighted by Gasteiger charge is -2.10. The number of nitrogens with one attached hydrogen (secondary N) is 2. The fraction of sp³-hybridized carbons (Fsp3) is 0.364. The third-order valence-corrected chi connectivity index (χ3v) is 4.46. The first-order valence-electron chi connectivity index (χ1n) is 9.79. The number of amides is 2. The zero-order chi connectivity index (χ0) is 20.9. The predicted octanol–water partition coefficient (Wildman–Crippen LogP) is 4.53. The lowest BCUT2D eigenvalue weighted by atomic mass is 10.2. The van der Waals surface area contributed by atoms with Gasteiger partial charge < -0.3 is 9.47 Å². The highest BCUT2D eigenvalue weighted by Crippen LogP contribution is 2.22. The molecule has 2 N–H and O–H groups in total. The van der Waals surface area contributed by atoms with E-state index in [2.05, 4.69) is 17.8 Å². The van der Waals surface area contributed by atoms with E-state index in [1.807, 2.05) is 0 Å². The molecular weight excluding hydrogens is 392 g/mol. The number of benzene rings is 2. The van der Waals surface area contributed by atoms with Crippen LogP contribution in [0.4, 0.5) is 0 Å². The molecule has 0 saturated carbocycles. The monoisotopic (exact) mass is 418 g/mol. The maximum absolute atomic E-state index is 12.1. The molecule has 0 heterocycles. The molecule has 29 heavy (non-hydrogen) atoms. The molecule has 2 rings (SSSR count). The van der Waals surface area contributed by atoms with Gasteiger partial charge in [0.25, 0.3) is 11.8 Å². The molecule has 0 unspecified atom stereocenters. The minimum atomic E-state index is -0.499. The summed E-state index contributed by atoms with van der Waals surface area (Å²) in [7, 11) is 0. The Bertz CT molecular complexity index is 781. The van der Waals surface area contributed by atoms with Crippen molar-refractivity contribution in [2.24, 2.45) is 0 Å². The van der Waals surface area contributed by atoms with Crippen LogP contribution in [0, 0.1) is 0 Å². The molecule has 0 saturated heterocycles. The smallest absolute Gasteiger partial charge is 0.276 e. The number of unbranched alkanes of at least 4 members (excludes halogenated alkanes) is 4. The summed E-state index contributed by atoms with van der Waals surface area (Å²) in [5.74, 6) is 0.189. The number of carbonyl (C=O) groups is 2. The van der Waals surface area contributed by atoms with Gasteiger partial charge in [0, 0.05) is 5.56 Å². The summed E-state index contributed by atoms with van der Waals surface area (Å²) in [6, 6.07) is 13.6. The van der Waals surface area contributed by atoms with E-state index in [0.29, 0.717) is 28.7 Å². The van der Waals surface area contributed by atoms with Crippen molar-refractivity contribution in [3.05, 3.63) is 59.1 Å². The number of halogens is 1. The van der Waals surface area contributed by atoms with Crippen molar-refractivity contribution in [3.63, 3.8) is 0 Å². The molecule has 156 valence electrons. The number of ether oxygens (including phenoxy) is 2. The maximum Gasteiger partial charge on any atom is 0.276 e. The minimum absolute atomic E-state index is 0.269. The Balaban J connectivity index is 1.68. The van der Waals surface area contributed by atoms with Gasteiger partial charge in [-0.2, -0.15) is 0 Å². The molecule has 0 bridgehead atoms. The van der Waals surface area contributed by atoms with E-state index in [0.717, 1.165) is 12.8 Å². The Hall–Kier alpha value is -2.73. The third-order valence-electron chi connectivity index (χ3n) is 4.14. The van der Waals surface area contributed by atoms with Gasteiger partial charge in [0.1, 0.15) is 11.5 Å². The summed E-state index contributed by atoms with van der Waals surface area (Å²) in [5, 5.41) is 0.410. The lowest BCUT2D eigenvalue weighted by Crippen LogP contribution is -2.43. The third kappa shape index (κ3) is 8.44. The van der Waals surface area contributed by atoms with Gasteiger partial charge in [0.05, 0.1) is 11.6 Å². The molecule has 0 aliphatic heterocycles. The van der Waals surface area contributed by atoms with Crippen LogP contribution in [0.5, 0.6) is 11.5 Å². The molecule has 0 aliphatic rings. The van der Waals surface area contributed by atoms with Gasteiger partial charge in [-0.1, -0.05) is 56.3 Å². The zero-order valence-electron chi connectivity index (χ0n) is 16.6. The van der Waals surface area contributed by atoms with Crippen molar-refractivity contribution in [3.8, 4) is 11.5 Å². The Morgan fingerprint density at radius 1 is 0.897 bits per heavy atom. The van der Waals surface area contributed by atoms with Gasteiger partial charge in [0.15, 0.2) is 6.61 Å². The zero-order valence-corrected chi connectivity index (χ0v) is 17.3. The normalized spacial score (nSPS) is 10.3. The Morgan fingerprint density at radius 2 is 1.62 bits per heavy atom. The molecule has 0 fully saturated rings.